The molecule has 2 aromatic heterocycles. The van der Waals surface area contributed by atoms with Gasteiger partial charge in [-0.3, -0.25) is 18.8 Å². The fourth-order valence-electron chi connectivity index (χ4n) is 3.21. The van der Waals surface area contributed by atoms with Crippen molar-refractivity contribution in [1.29, 1.82) is 0 Å². The first-order chi connectivity index (χ1) is 12.8. The Morgan fingerprint density at radius 1 is 1.15 bits per heavy atom. The molecule has 0 fully saturated rings. The molecule has 0 aliphatic rings. The topological polar surface area (TPSA) is 81.8 Å². The van der Waals surface area contributed by atoms with E-state index in [0.29, 0.717) is 11.0 Å². The second-order valence-electron chi connectivity index (χ2n) is 7.35. The zero-order chi connectivity index (χ0) is 19.7. The van der Waals surface area contributed by atoms with Crippen molar-refractivity contribution in [3.05, 3.63) is 52.2 Å². The van der Waals surface area contributed by atoms with Crippen LogP contribution in [0.25, 0.3) is 11.0 Å². The largest absolute Gasteiger partial charge is 0.324 e. The monoisotopic (exact) mass is 367 g/mol. The van der Waals surface area contributed by atoms with Gasteiger partial charge in [0.05, 0.1) is 6.20 Å². The quantitative estimate of drug-likeness (QED) is 0.751. The van der Waals surface area contributed by atoms with E-state index in [1.807, 2.05) is 18.2 Å². The van der Waals surface area contributed by atoms with Crippen LogP contribution in [0.3, 0.4) is 0 Å². The SMILES string of the molecule is CC(C)c1cccc(C(C)C)c1NC(=O)Cn1cnc2c(cnn2C)c1=O. The first-order valence-corrected chi connectivity index (χ1v) is 9.09. The van der Waals surface area contributed by atoms with Gasteiger partial charge in [0.15, 0.2) is 5.65 Å². The summed E-state index contributed by atoms with van der Waals surface area (Å²) in [6.45, 7) is 8.29. The molecule has 2 heterocycles. The summed E-state index contributed by atoms with van der Waals surface area (Å²) >= 11 is 0. The maximum absolute atomic E-state index is 12.7. The van der Waals surface area contributed by atoms with Crippen molar-refractivity contribution in [2.45, 2.75) is 46.1 Å². The van der Waals surface area contributed by atoms with Gasteiger partial charge in [-0.1, -0.05) is 45.9 Å². The average molecular weight is 367 g/mol. The Morgan fingerprint density at radius 3 is 2.37 bits per heavy atom. The summed E-state index contributed by atoms with van der Waals surface area (Å²) in [5.41, 5.74) is 3.25. The van der Waals surface area contributed by atoms with Gasteiger partial charge in [0.25, 0.3) is 5.56 Å². The highest BCUT2D eigenvalue weighted by Gasteiger charge is 2.17. The summed E-state index contributed by atoms with van der Waals surface area (Å²) in [7, 11) is 1.72. The smallest absolute Gasteiger partial charge is 0.264 e. The van der Waals surface area contributed by atoms with Gasteiger partial charge in [0.2, 0.25) is 5.91 Å². The molecule has 1 aromatic carbocycles. The fourth-order valence-corrected chi connectivity index (χ4v) is 3.21. The number of nitrogens with zero attached hydrogens (tertiary/aromatic N) is 4. The lowest BCUT2D eigenvalue weighted by atomic mass is 9.92. The van der Waals surface area contributed by atoms with Crippen LogP contribution in [-0.4, -0.2) is 25.2 Å². The standard InChI is InChI=1S/C20H25N5O2/c1-12(2)14-7-6-8-15(13(3)4)18(14)23-17(26)10-25-11-21-19-16(20(25)27)9-22-24(19)5/h6-9,11-13H,10H2,1-5H3,(H,23,26). The van der Waals surface area contributed by atoms with Crippen LogP contribution in [-0.2, 0) is 18.4 Å². The van der Waals surface area contributed by atoms with Crippen LogP contribution in [0.1, 0.15) is 50.7 Å². The predicted molar refractivity (Wildman–Crippen MR) is 106 cm³/mol. The van der Waals surface area contributed by atoms with Gasteiger partial charge in [-0.2, -0.15) is 5.10 Å². The van der Waals surface area contributed by atoms with E-state index in [4.69, 9.17) is 0 Å². The van der Waals surface area contributed by atoms with Gasteiger partial charge in [-0.25, -0.2) is 4.98 Å². The van der Waals surface area contributed by atoms with Gasteiger partial charge in [0, 0.05) is 12.7 Å². The molecule has 27 heavy (non-hydrogen) atoms. The van der Waals surface area contributed by atoms with Crippen molar-refractivity contribution in [1.82, 2.24) is 19.3 Å². The summed E-state index contributed by atoms with van der Waals surface area (Å²) in [6.07, 6.45) is 2.87. The number of carbonyl (C=O) groups excluding carboxylic acids is 1. The molecule has 7 nitrogen and oxygen atoms in total. The number of carbonyl (C=O) groups is 1. The molecule has 0 aliphatic heterocycles. The van der Waals surface area contributed by atoms with Crippen LogP contribution in [0, 0.1) is 0 Å². The van der Waals surface area contributed by atoms with Gasteiger partial charge >= 0.3 is 0 Å². The molecule has 0 spiro atoms. The fraction of sp³-hybridized carbons (Fsp3) is 0.400. The number of hydrogen-bond acceptors (Lipinski definition) is 4. The Bertz CT molecular complexity index is 1020. The normalized spacial score (nSPS) is 11.5. The number of amides is 1. The molecule has 0 bridgehead atoms. The zero-order valence-electron chi connectivity index (χ0n) is 16.4. The van der Waals surface area contributed by atoms with Crippen molar-refractivity contribution in [2.75, 3.05) is 5.32 Å². The maximum atomic E-state index is 12.7. The number of aryl methyl sites for hydroxylation is 1. The van der Waals surface area contributed by atoms with E-state index in [0.717, 1.165) is 16.8 Å². The zero-order valence-corrected chi connectivity index (χ0v) is 16.4. The Kier molecular flexibility index (Phi) is 5.12. The van der Waals surface area contributed by atoms with Crippen molar-refractivity contribution in [3.8, 4) is 0 Å². The van der Waals surface area contributed by atoms with Crippen LogP contribution in [0.15, 0.2) is 35.5 Å². The highest BCUT2D eigenvalue weighted by atomic mass is 16.2. The number of nitrogens with one attached hydrogen (secondary N) is 1. The molecule has 0 radical (unpaired) electrons. The van der Waals surface area contributed by atoms with E-state index < -0.39 is 0 Å². The lowest BCUT2D eigenvalue weighted by Crippen LogP contribution is -2.28. The number of rotatable bonds is 5. The maximum Gasteiger partial charge on any atom is 0.264 e. The molecule has 0 saturated carbocycles. The number of anilines is 1. The third-order valence-electron chi connectivity index (χ3n) is 4.67. The lowest BCUT2D eigenvalue weighted by Gasteiger charge is -2.20. The number of aromatic nitrogens is 4. The molecule has 3 aromatic rings. The summed E-state index contributed by atoms with van der Waals surface area (Å²) in [5.74, 6) is 0.294. The first kappa shape index (κ1) is 18.8. The molecular weight excluding hydrogens is 342 g/mol. The molecule has 0 aliphatic carbocycles. The van der Waals surface area contributed by atoms with Crippen LogP contribution in [0.4, 0.5) is 5.69 Å². The Balaban J connectivity index is 1.91. The van der Waals surface area contributed by atoms with Crippen LogP contribution in [0.2, 0.25) is 0 Å². The Morgan fingerprint density at radius 2 is 1.78 bits per heavy atom. The third-order valence-corrected chi connectivity index (χ3v) is 4.67. The van der Waals surface area contributed by atoms with Crippen molar-refractivity contribution in [2.24, 2.45) is 7.05 Å². The molecule has 3 rings (SSSR count). The summed E-state index contributed by atoms with van der Waals surface area (Å²) in [6, 6.07) is 6.08. The van der Waals surface area contributed by atoms with Crippen LogP contribution in [0.5, 0.6) is 0 Å². The van der Waals surface area contributed by atoms with Crippen molar-refractivity contribution in [3.63, 3.8) is 0 Å². The molecule has 1 amide bonds. The van der Waals surface area contributed by atoms with Gasteiger partial charge in [0.1, 0.15) is 18.3 Å². The molecule has 0 saturated heterocycles. The van der Waals surface area contributed by atoms with E-state index in [9.17, 15) is 9.59 Å². The van der Waals surface area contributed by atoms with Gasteiger partial charge in [-0.15, -0.1) is 0 Å². The van der Waals surface area contributed by atoms with Crippen LogP contribution >= 0.6 is 0 Å². The summed E-state index contributed by atoms with van der Waals surface area (Å²) in [4.78, 5) is 29.5. The second kappa shape index (κ2) is 7.34. The van der Waals surface area contributed by atoms with Crippen LogP contribution < -0.4 is 10.9 Å². The molecular formula is C20H25N5O2. The van der Waals surface area contributed by atoms with Gasteiger partial charge < -0.3 is 5.32 Å². The van der Waals surface area contributed by atoms with E-state index in [2.05, 4.69) is 43.1 Å². The average Bonchev–Trinajstić information content (AvgIpc) is 2.99. The summed E-state index contributed by atoms with van der Waals surface area (Å²) < 4.78 is 2.85. The molecule has 0 unspecified atom stereocenters. The molecule has 142 valence electrons. The minimum Gasteiger partial charge on any atom is -0.324 e. The highest BCUT2D eigenvalue weighted by molar-refractivity contribution is 5.92. The highest BCUT2D eigenvalue weighted by Crippen LogP contribution is 2.32. The first-order valence-electron chi connectivity index (χ1n) is 9.09. The number of benzene rings is 1. The van der Waals surface area contributed by atoms with Gasteiger partial charge in [-0.05, 0) is 23.0 Å². The Labute approximate surface area is 158 Å². The summed E-state index contributed by atoms with van der Waals surface area (Å²) in [5, 5.41) is 7.47. The third kappa shape index (κ3) is 3.63. The minimum absolute atomic E-state index is 0.0966. The predicted octanol–water partition coefficient (Wildman–Crippen LogP) is 3.02. The van der Waals surface area contributed by atoms with Crippen molar-refractivity contribution < 1.29 is 4.79 Å². The number of fused-ring (bicyclic) bond motifs is 1. The number of para-hydroxylation sites is 1. The van der Waals surface area contributed by atoms with E-state index in [-0.39, 0.29) is 29.8 Å². The minimum atomic E-state index is -0.274. The van der Waals surface area contributed by atoms with E-state index in [1.54, 1.807) is 7.05 Å². The van der Waals surface area contributed by atoms with Crippen molar-refractivity contribution >= 4 is 22.6 Å². The number of hydrogen-bond donors (Lipinski definition) is 1. The van der Waals surface area contributed by atoms with E-state index >= 15 is 0 Å². The molecule has 7 heteroatoms. The molecule has 0 atom stereocenters. The lowest BCUT2D eigenvalue weighted by molar-refractivity contribution is -0.116. The Hall–Kier alpha value is -2.96. The van der Waals surface area contributed by atoms with E-state index in [1.165, 1.54) is 21.8 Å². The second-order valence-corrected chi connectivity index (χ2v) is 7.35. The molecule has 1 N–H and O–H groups in total.